The number of likely N-dealkylation sites (tertiary alicyclic amines) is 1. The third kappa shape index (κ3) is 4.80. The topological polar surface area (TPSA) is 68.5 Å². The molecule has 1 fully saturated rings. The number of nitrogens with zero attached hydrogens (tertiary/aromatic N) is 3. The number of carbonyl (C=O) groups excluding carboxylic acids is 1. The van der Waals surface area contributed by atoms with Crippen LogP contribution in [0.5, 0.6) is 5.75 Å². The third-order valence-corrected chi connectivity index (χ3v) is 5.99. The minimum Gasteiger partial charge on any atom is -0.489 e. The van der Waals surface area contributed by atoms with E-state index >= 15 is 0 Å². The predicted octanol–water partition coefficient (Wildman–Crippen LogP) is 5.14. The van der Waals surface area contributed by atoms with Crippen LogP contribution in [0.2, 0.25) is 0 Å². The van der Waals surface area contributed by atoms with Gasteiger partial charge >= 0.3 is 0 Å². The number of amides is 1. The van der Waals surface area contributed by atoms with Gasteiger partial charge < -0.3 is 14.2 Å². The van der Waals surface area contributed by atoms with Crippen LogP contribution in [0.25, 0.3) is 11.4 Å². The third-order valence-electron chi connectivity index (χ3n) is 5.99. The molecule has 166 valence electrons. The van der Waals surface area contributed by atoms with E-state index in [1.165, 1.54) is 5.56 Å². The Morgan fingerprint density at radius 2 is 1.76 bits per heavy atom. The minimum absolute atomic E-state index is 0.0868. The van der Waals surface area contributed by atoms with Crippen molar-refractivity contribution in [1.82, 2.24) is 15.0 Å². The molecule has 0 bridgehead atoms. The van der Waals surface area contributed by atoms with E-state index < -0.39 is 0 Å². The maximum atomic E-state index is 12.6. The zero-order chi connectivity index (χ0) is 22.6. The summed E-state index contributed by atoms with van der Waals surface area (Å²) in [6, 6.07) is 25.8. The number of hydrogen-bond acceptors (Lipinski definition) is 5. The Hall–Kier alpha value is -3.93. The van der Waals surface area contributed by atoms with Crippen LogP contribution in [0.3, 0.4) is 0 Å². The number of aromatic nitrogens is 2. The van der Waals surface area contributed by atoms with Crippen molar-refractivity contribution in [2.75, 3.05) is 6.54 Å². The SMILES string of the molecule is Cc1ccccc1CN1CC(c2nc(-c3ccc(OCc4ccccc4)cc3)no2)CC1=O. The maximum absolute atomic E-state index is 12.6. The van der Waals surface area contributed by atoms with Gasteiger partial charge in [0, 0.05) is 25.1 Å². The fraction of sp³-hybridized carbons (Fsp3) is 0.222. The first-order chi connectivity index (χ1) is 16.2. The van der Waals surface area contributed by atoms with Gasteiger partial charge in [-0.05, 0) is 47.9 Å². The molecule has 1 saturated heterocycles. The first-order valence-electron chi connectivity index (χ1n) is 11.1. The molecule has 0 radical (unpaired) electrons. The largest absolute Gasteiger partial charge is 0.489 e. The molecule has 4 aromatic rings. The summed E-state index contributed by atoms with van der Waals surface area (Å²) in [7, 11) is 0. The van der Waals surface area contributed by atoms with E-state index in [-0.39, 0.29) is 11.8 Å². The average Bonchev–Trinajstić information content (AvgIpc) is 3.47. The molecule has 1 aliphatic heterocycles. The van der Waals surface area contributed by atoms with E-state index in [0.29, 0.717) is 37.8 Å². The van der Waals surface area contributed by atoms with Gasteiger partial charge in [0.1, 0.15) is 12.4 Å². The number of ether oxygens (including phenoxy) is 1. The predicted molar refractivity (Wildman–Crippen MR) is 124 cm³/mol. The first kappa shape index (κ1) is 20.9. The van der Waals surface area contributed by atoms with E-state index in [1.54, 1.807) is 0 Å². The molecule has 1 aromatic heterocycles. The number of benzene rings is 3. The highest BCUT2D eigenvalue weighted by molar-refractivity contribution is 5.79. The van der Waals surface area contributed by atoms with Gasteiger partial charge in [-0.1, -0.05) is 59.8 Å². The van der Waals surface area contributed by atoms with E-state index in [0.717, 1.165) is 22.4 Å². The molecular weight excluding hydrogens is 414 g/mol. The van der Waals surface area contributed by atoms with Gasteiger partial charge in [-0.2, -0.15) is 4.98 Å². The van der Waals surface area contributed by atoms with Gasteiger partial charge in [-0.3, -0.25) is 4.79 Å². The van der Waals surface area contributed by atoms with E-state index in [2.05, 4.69) is 29.2 Å². The normalized spacial score (nSPS) is 15.7. The summed E-state index contributed by atoms with van der Waals surface area (Å²) in [4.78, 5) is 19.0. The van der Waals surface area contributed by atoms with Crippen LogP contribution in [-0.4, -0.2) is 27.5 Å². The molecule has 0 saturated carbocycles. The van der Waals surface area contributed by atoms with Crippen molar-refractivity contribution < 1.29 is 14.1 Å². The molecule has 1 unspecified atom stereocenters. The summed E-state index contributed by atoms with van der Waals surface area (Å²) in [5.41, 5.74) is 4.31. The van der Waals surface area contributed by atoms with Crippen molar-refractivity contribution in [2.24, 2.45) is 0 Å². The second-order valence-electron chi connectivity index (χ2n) is 8.36. The lowest BCUT2D eigenvalue weighted by molar-refractivity contribution is -0.128. The van der Waals surface area contributed by atoms with Crippen molar-refractivity contribution in [3.05, 3.63) is 101 Å². The van der Waals surface area contributed by atoms with Crippen LogP contribution in [0.4, 0.5) is 0 Å². The lowest BCUT2D eigenvalue weighted by atomic mass is 10.1. The Morgan fingerprint density at radius 3 is 2.55 bits per heavy atom. The first-order valence-corrected chi connectivity index (χ1v) is 11.1. The summed E-state index contributed by atoms with van der Waals surface area (Å²) in [6.45, 7) is 3.77. The van der Waals surface area contributed by atoms with Crippen LogP contribution in [0.1, 0.15) is 34.9 Å². The standard InChI is InChI=1S/C27H25N3O3/c1-19-7-5-6-10-22(19)16-30-17-23(15-25(30)31)27-28-26(29-33-27)21-11-13-24(14-12-21)32-18-20-8-3-2-4-9-20/h2-14,23H,15-18H2,1H3. The lowest BCUT2D eigenvalue weighted by Crippen LogP contribution is -2.24. The van der Waals surface area contributed by atoms with Crippen LogP contribution in [0, 0.1) is 6.92 Å². The summed E-state index contributed by atoms with van der Waals surface area (Å²) in [6.07, 6.45) is 0.389. The highest BCUT2D eigenvalue weighted by Gasteiger charge is 2.34. The molecule has 1 amide bonds. The minimum atomic E-state index is -0.0868. The van der Waals surface area contributed by atoms with Crippen molar-refractivity contribution in [3.63, 3.8) is 0 Å². The fourth-order valence-electron chi connectivity index (χ4n) is 4.04. The Bertz CT molecular complexity index is 1230. The number of carbonyl (C=O) groups is 1. The van der Waals surface area contributed by atoms with Gasteiger partial charge in [0.25, 0.3) is 0 Å². The van der Waals surface area contributed by atoms with E-state index in [4.69, 9.17) is 9.26 Å². The number of hydrogen-bond donors (Lipinski definition) is 0. The van der Waals surface area contributed by atoms with E-state index in [9.17, 15) is 4.79 Å². The van der Waals surface area contributed by atoms with Crippen molar-refractivity contribution in [2.45, 2.75) is 32.4 Å². The average molecular weight is 440 g/mol. The van der Waals surface area contributed by atoms with Gasteiger partial charge in [0.2, 0.25) is 17.6 Å². The summed E-state index contributed by atoms with van der Waals surface area (Å²) in [5.74, 6) is 1.83. The van der Waals surface area contributed by atoms with Crippen LogP contribution in [-0.2, 0) is 17.9 Å². The molecule has 1 aliphatic rings. The monoisotopic (exact) mass is 439 g/mol. The van der Waals surface area contributed by atoms with Crippen molar-refractivity contribution in [3.8, 4) is 17.1 Å². The molecule has 5 rings (SSSR count). The molecule has 3 aromatic carbocycles. The molecule has 1 atom stereocenters. The molecule has 33 heavy (non-hydrogen) atoms. The Kier molecular flexibility index (Phi) is 5.89. The summed E-state index contributed by atoms with van der Waals surface area (Å²) < 4.78 is 11.4. The summed E-state index contributed by atoms with van der Waals surface area (Å²) in [5, 5.41) is 4.15. The van der Waals surface area contributed by atoms with Crippen molar-refractivity contribution >= 4 is 5.91 Å². The molecule has 0 spiro atoms. The zero-order valence-corrected chi connectivity index (χ0v) is 18.5. The lowest BCUT2D eigenvalue weighted by Gasteiger charge is -2.17. The Balaban J connectivity index is 1.22. The second-order valence-corrected chi connectivity index (χ2v) is 8.36. The highest BCUT2D eigenvalue weighted by atomic mass is 16.5. The molecule has 2 heterocycles. The Labute approximate surface area is 192 Å². The second kappa shape index (κ2) is 9.28. The molecular formula is C27H25N3O3. The van der Waals surface area contributed by atoms with Gasteiger partial charge in [0.15, 0.2) is 0 Å². The van der Waals surface area contributed by atoms with Crippen molar-refractivity contribution in [1.29, 1.82) is 0 Å². The number of rotatable bonds is 7. The smallest absolute Gasteiger partial charge is 0.232 e. The van der Waals surface area contributed by atoms with E-state index in [1.807, 2.05) is 71.6 Å². The molecule has 0 N–H and O–H groups in total. The number of aryl methyl sites for hydroxylation is 1. The van der Waals surface area contributed by atoms with Gasteiger partial charge in [-0.15, -0.1) is 0 Å². The van der Waals surface area contributed by atoms with Crippen LogP contribution in [0.15, 0.2) is 83.4 Å². The summed E-state index contributed by atoms with van der Waals surface area (Å²) >= 11 is 0. The Morgan fingerprint density at radius 1 is 1.00 bits per heavy atom. The molecule has 0 aliphatic carbocycles. The highest BCUT2D eigenvalue weighted by Crippen LogP contribution is 2.30. The molecule has 6 nitrogen and oxygen atoms in total. The van der Waals surface area contributed by atoms with Gasteiger partial charge in [0.05, 0.1) is 5.92 Å². The van der Waals surface area contributed by atoms with Crippen LogP contribution < -0.4 is 4.74 Å². The fourth-order valence-corrected chi connectivity index (χ4v) is 4.04. The maximum Gasteiger partial charge on any atom is 0.232 e. The van der Waals surface area contributed by atoms with Crippen LogP contribution >= 0.6 is 0 Å². The van der Waals surface area contributed by atoms with Gasteiger partial charge in [-0.25, -0.2) is 0 Å². The zero-order valence-electron chi connectivity index (χ0n) is 18.5. The molecule has 6 heteroatoms. The quantitative estimate of drug-likeness (QED) is 0.399.